The average Bonchev–Trinajstić information content (AvgIpc) is 2.85. The number of rotatable bonds is 17. The molecule has 0 aromatic rings. The first-order valence-electron chi connectivity index (χ1n) is 12.8. The van der Waals surface area contributed by atoms with Crippen LogP contribution in [-0.4, -0.2) is 68.8 Å². The summed E-state index contributed by atoms with van der Waals surface area (Å²) in [6.45, 7) is 8.71. The van der Waals surface area contributed by atoms with Crippen LogP contribution in [0.1, 0.15) is 105 Å². The molecule has 3 atom stereocenters. The quantitative estimate of drug-likeness (QED) is 0.0910. The first kappa shape index (κ1) is 43.8. The molecule has 216 valence electrons. The van der Waals surface area contributed by atoms with Crippen LogP contribution in [0.5, 0.6) is 0 Å². The van der Waals surface area contributed by atoms with Crippen LogP contribution in [0.15, 0.2) is 0 Å². The van der Waals surface area contributed by atoms with Crippen LogP contribution in [0.3, 0.4) is 0 Å². The molecule has 8 nitrogen and oxygen atoms in total. The predicted octanol–water partition coefficient (Wildman–Crippen LogP) is 1.98. The molecule has 0 amide bonds. The van der Waals surface area contributed by atoms with E-state index in [1.54, 1.807) is 0 Å². The second-order valence-corrected chi connectivity index (χ2v) is 11.3. The van der Waals surface area contributed by atoms with Crippen molar-refractivity contribution in [3.05, 3.63) is 0 Å². The van der Waals surface area contributed by atoms with Gasteiger partial charge in [0.2, 0.25) is 0 Å². The van der Waals surface area contributed by atoms with Gasteiger partial charge in [-0.3, -0.25) is 0 Å². The second kappa shape index (κ2) is 33.8. The zero-order valence-corrected chi connectivity index (χ0v) is 28.3. The number of hydrogen-bond donors (Lipinski definition) is 3. The first-order chi connectivity index (χ1) is 17.4. The molecule has 3 unspecified atom stereocenters. The Labute approximate surface area is 253 Å². The summed E-state index contributed by atoms with van der Waals surface area (Å²) in [5.74, 6) is -3.23. The molecule has 0 aliphatic rings. The van der Waals surface area contributed by atoms with Gasteiger partial charge in [0.25, 0.3) is 0 Å². The van der Waals surface area contributed by atoms with Gasteiger partial charge in [-0.2, -0.15) is 37.9 Å². The normalized spacial score (nSPS) is 12.1. The van der Waals surface area contributed by atoms with E-state index in [-0.39, 0.29) is 5.97 Å². The minimum absolute atomic E-state index is 0.0368. The molecule has 0 radical (unpaired) electrons. The number of carbonyl (C=O) groups excluding carboxylic acids is 4. The maximum atomic E-state index is 10.7. The second-order valence-electron chi connectivity index (χ2n) is 8.01. The van der Waals surface area contributed by atoms with E-state index in [1.165, 1.54) is 22.5 Å². The molecule has 0 fully saturated rings. The topological polar surface area (TPSA) is 147 Å². The third-order valence-corrected chi connectivity index (χ3v) is 6.52. The number of esters is 1. The van der Waals surface area contributed by atoms with Crippen molar-refractivity contribution in [3.63, 3.8) is 0 Å². The first-order valence-corrected chi connectivity index (χ1v) is 16.4. The summed E-state index contributed by atoms with van der Waals surface area (Å²) in [5.41, 5.74) is 0. The number of carbonyl (C=O) groups is 4. The van der Waals surface area contributed by atoms with Gasteiger partial charge in [0.05, 0.1) is 17.9 Å². The SMILES string of the molecule is CCCCC(S)C(=O)[O-].CCCCC(S)C(=O)[O-].CCCCC(S)C(=O)[O-].CCCCOC(=O)C[CH2][Sn+3]. The molecule has 0 spiro atoms. The number of hydrogen-bond acceptors (Lipinski definition) is 11. The zero-order chi connectivity index (χ0) is 29.6. The molecule has 0 aromatic carbocycles. The molecule has 0 heterocycles. The molecular formula is C25H46O8S3Sn. The van der Waals surface area contributed by atoms with Gasteiger partial charge < -0.3 is 29.7 Å². The van der Waals surface area contributed by atoms with Crippen LogP contribution in [0.25, 0.3) is 0 Å². The molecule has 0 aliphatic heterocycles. The van der Waals surface area contributed by atoms with Gasteiger partial charge in [0, 0.05) is 15.7 Å². The number of ether oxygens (including phenoxy) is 1. The molecule has 0 aromatic heterocycles. The number of unbranched alkanes of at least 4 members (excludes halogenated alkanes) is 4. The summed E-state index contributed by atoms with van der Waals surface area (Å²) in [6.07, 6.45) is 10.2. The fourth-order valence-corrected chi connectivity index (χ4v) is 3.18. The zero-order valence-electron chi connectivity index (χ0n) is 22.7. The number of thiol groups is 3. The van der Waals surface area contributed by atoms with E-state index in [2.05, 4.69) is 44.8 Å². The van der Waals surface area contributed by atoms with Crippen molar-refractivity contribution < 1.29 is 39.2 Å². The summed E-state index contributed by atoms with van der Waals surface area (Å²) >= 11 is 12.8. The molecule has 0 bridgehead atoms. The van der Waals surface area contributed by atoms with E-state index in [9.17, 15) is 34.5 Å². The van der Waals surface area contributed by atoms with Gasteiger partial charge in [-0.15, -0.1) is 0 Å². The third kappa shape index (κ3) is 40.4. The van der Waals surface area contributed by atoms with E-state index in [4.69, 9.17) is 4.74 Å². The number of carboxylic acids is 3. The Morgan fingerprint density at radius 2 is 0.946 bits per heavy atom. The van der Waals surface area contributed by atoms with Crippen LogP contribution >= 0.6 is 37.9 Å². The molecule has 0 saturated heterocycles. The summed E-state index contributed by atoms with van der Waals surface area (Å²) in [7, 11) is 0. The van der Waals surface area contributed by atoms with E-state index in [0.29, 0.717) is 32.3 Å². The van der Waals surface area contributed by atoms with Crippen LogP contribution < -0.4 is 15.3 Å². The Kier molecular flexibility index (Phi) is 39.9. The molecule has 12 heteroatoms. The Bertz CT molecular complexity index is 511. The van der Waals surface area contributed by atoms with Crippen molar-refractivity contribution in [1.82, 2.24) is 0 Å². The van der Waals surface area contributed by atoms with Crippen molar-refractivity contribution in [1.29, 1.82) is 0 Å². The Hall–Kier alpha value is -0.271. The van der Waals surface area contributed by atoms with Crippen molar-refractivity contribution >= 4 is 84.3 Å². The summed E-state index contributed by atoms with van der Waals surface area (Å²) in [4.78, 5) is 40.8. The van der Waals surface area contributed by atoms with E-state index >= 15 is 0 Å². The van der Waals surface area contributed by atoms with Crippen LogP contribution in [0.4, 0.5) is 0 Å². The summed E-state index contributed by atoms with van der Waals surface area (Å²) in [6, 6.07) is 0. The Morgan fingerprint density at radius 1 is 0.649 bits per heavy atom. The summed E-state index contributed by atoms with van der Waals surface area (Å²) < 4.78 is 5.87. The molecular weight excluding hydrogens is 643 g/mol. The number of aliphatic carboxylic acids is 3. The summed E-state index contributed by atoms with van der Waals surface area (Å²) in [5, 5.41) is 28.3. The predicted molar refractivity (Wildman–Crippen MR) is 153 cm³/mol. The molecule has 37 heavy (non-hydrogen) atoms. The van der Waals surface area contributed by atoms with Crippen molar-refractivity contribution in [3.8, 4) is 0 Å². The van der Waals surface area contributed by atoms with E-state index in [0.717, 1.165) is 55.8 Å². The fraction of sp³-hybridized carbons (Fsp3) is 0.840. The molecule has 0 rings (SSSR count). The Morgan fingerprint density at radius 3 is 1.16 bits per heavy atom. The molecule has 0 aliphatic carbocycles. The molecule has 0 saturated carbocycles. The van der Waals surface area contributed by atoms with E-state index < -0.39 is 33.7 Å². The van der Waals surface area contributed by atoms with Crippen molar-refractivity contribution in [2.24, 2.45) is 0 Å². The van der Waals surface area contributed by atoms with Crippen LogP contribution in [-0.2, 0) is 23.9 Å². The van der Waals surface area contributed by atoms with Crippen LogP contribution in [0, 0.1) is 0 Å². The molecule has 0 N–H and O–H groups in total. The minimum atomic E-state index is -1.06. The van der Waals surface area contributed by atoms with Crippen molar-refractivity contribution in [2.45, 2.75) is 125 Å². The van der Waals surface area contributed by atoms with Gasteiger partial charge >= 0.3 is 75.3 Å². The van der Waals surface area contributed by atoms with Crippen molar-refractivity contribution in [2.75, 3.05) is 6.61 Å². The Balaban J connectivity index is -0.000000196. The number of carboxylic acid groups (broad SMARTS) is 3. The third-order valence-electron chi connectivity index (χ3n) is 4.40. The van der Waals surface area contributed by atoms with Gasteiger partial charge in [-0.1, -0.05) is 59.3 Å². The standard InChI is InChI=1S/C7H13O2.3C6H12O2S.Sn/c1-3-5-6-9-7(8)4-2;3*1-2-3-4-5(9)6(7)8;/h2-6H2,1H3;3*5,9H,2-4H2,1H3,(H,7,8);/q;;;;+3/p-3. The average molecular weight is 690 g/mol. The maximum absolute atomic E-state index is 10.7. The fourth-order valence-electron chi connectivity index (χ4n) is 2.05. The monoisotopic (exact) mass is 690 g/mol. The van der Waals surface area contributed by atoms with E-state index in [1.807, 2.05) is 20.8 Å². The van der Waals surface area contributed by atoms with Gasteiger partial charge in [0.15, 0.2) is 0 Å². The van der Waals surface area contributed by atoms with Gasteiger partial charge in [-0.05, 0) is 19.3 Å². The van der Waals surface area contributed by atoms with Gasteiger partial charge in [0.1, 0.15) is 0 Å². The van der Waals surface area contributed by atoms with Gasteiger partial charge in [-0.25, -0.2) is 0 Å². The van der Waals surface area contributed by atoms with Crippen LogP contribution in [0.2, 0.25) is 4.44 Å².